The first kappa shape index (κ1) is 19.0. The molecular formula is C20H21N3O3S. The van der Waals surface area contributed by atoms with Crippen LogP contribution in [-0.2, 0) is 10.0 Å². The molecule has 7 heteroatoms. The zero-order valence-electron chi connectivity index (χ0n) is 15.4. The van der Waals surface area contributed by atoms with E-state index in [0.29, 0.717) is 5.69 Å². The number of hydrogen-bond donors (Lipinski definition) is 2. The molecule has 3 rings (SSSR count). The third kappa shape index (κ3) is 4.69. The molecule has 0 aliphatic carbocycles. The minimum Gasteiger partial charge on any atom is -0.321 e. The van der Waals surface area contributed by atoms with Crippen molar-refractivity contribution in [3.63, 3.8) is 0 Å². The third-order valence-corrected chi connectivity index (χ3v) is 5.43. The maximum atomic E-state index is 12.5. The van der Waals surface area contributed by atoms with Crippen molar-refractivity contribution >= 4 is 32.5 Å². The quantitative estimate of drug-likeness (QED) is 0.721. The van der Waals surface area contributed by atoms with Gasteiger partial charge in [-0.25, -0.2) is 18.1 Å². The molecule has 0 spiro atoms. The fourth-order valence-electron chi connectivity index (χ4n) is 2.59. The fourth-order valence-corrected chi connectivity index (χ4v) is 4.05. The van der Waals surface area contributed by atoms with E-state index in [0.717, 1.165) is 10.9 Å². The van der Waals surface area contributed by atoms with E-state index in [2.05, 4.69) is 15.0 Å². The molecule has 0 aliphatic heterocycles. The highest BCUT2D eigenvalue weighted by atomic mass is 32.2. The highest BCUT2D eigenvalue weighted by molar-refractivity contribution is 7.89. The van der Waals surface area contributed by atoms with E-state index in [1.54, 1.807) is 39.0 Å². The summed E-state index contributed by atoms with van der Waals surface area (Å²) in [7, 11) is -3.69. The Morgan fingerprint density at radius 1 is 0.963 bits per heavy atom. The Kier molecular flexibility index (Phi) is 4.99. The minimum absolute atomic E-state index is 0.0849. The van der Waals surface area contributed by atoms with Gasteiger partial charge in [0.1, 0.15) is 5.69 Å². The van der Waals surface area contributed by atoms with Crippen molar-refractivity contribution in [1.82, 2.24) is 9.71 Å². The summed E-state index contributed by atoms with van der Waals surface area (Å²) in [5, 5.41) is 3.64. The summed E-state index contributed by atoms with van der Waals surface area (Å²) in [5.41, 5.74) is 0.755. The van der Waals surface area contributed by atoms with Crippen LogP contribution in [0.25, 0.3) is 10.9 Å². The lowest BCUT2D eigenvalue weighted by atomic mass is 10.1. The lowest BCUT2D eigenvalue weighted by Crippen LogP contribution is -2.40. The topological polar surface area (TPSA) is 88.2 Å². The van der Waals surface area contributed by atoms with Crippen LogP contribution in [0.3, 0.4) is 0 Å². The van der Waals surface area contributed by atoms with Crippen LogP contribution in [0.1, 0.15) is 31.3 Å². The number of nitrogens with one attached hydrogen (secondary N) is 2. The molecule has 0 aliphatic rings. The highest BCUT2D eigenvalue weighted by Gasteiger charge is 2.22. The summed E-state index contributed by atoms with van der Waals surface area (Å²) in [6.45, 7) is 5.30. The van der Waals surface area contributed by atoms with E-state index in [-0.39, 0.29) is 10.6 Å². The van der Waals surface area contributed by atoms with Crippen molar-refractivity contribution in [2.24, 2.45) is 0 Å². The van der Waals surface area contributed by atoms with Gasteiger partial charge in [-0.3, -0.25) is 4.79 Å². The molecule has 0 saturated heterocycles. The number of sulfonamides is 1. The number of anilines is 1. The molecule has 0 saturated carbocycles. The van der Waals surface area contributed by atoms with Crippen LogP contribution in [0, 0.1) is 0 Å². The molecule has 27 heavy (non-hydrogen) atoms. The predicted octanol–water partition coefficient (Wildman–Crippen LogP) is 3.56. The van der Waals surface area contributed by atoms with Crippen molar-refractivity contribution in [3.8, 4) is 0 Å². The van der Waals surface area contributed by atoms with Crippen LogP contribution in [0.15, 0.2) is 65.6 Å². The molecule has 1 aromatic heterocycles. The van der Waals surface area contributed by atoms with Crippen molar-refractivity contribution in [3.05, 3.63) is 66.4 Å². The van der Waals surface area contributed by atoms with Gasteiger partial charge in [0.15, 0.2) is 0 Å². The number of benzene rings is 2. The van der Waals surface area contributed by atoms with Gasteiger partial charge in [0.25, 0.3) is 5.91 Å². The van der Waals surface area contributed by atoms with Gasteiger partial charge < -0.3 is 5.32 Å². The normalized spacial score (nSPS) is 12.1. The Hall–Kier alpha value is -2.77. The first-order chi connectivity index (χ1) is 12.6. The van der Waals surface area contributed by atoms with Gasteiger partial charge in [-0.1, -0.05) is 30.3 Å². The molecule has 1 heterocycles. The van der Waals surface area contributed by atoms with E-state index in [1.807, 2.05) is 30.3 Å². The SMILES string of the molecule is CC(C)(C)NS(=O)(=O)c1cccc(NC(=O)c2ccc3ccccc3n2)c1. The maximum absolute atomic E-state index is 12.5. The number of amides is 1. The Morgan fingerprint density at radius 3 is 2.44 bits per heavy atom. The summed E-state index contributed by atoms with van der Waals surface area (Å²) in [6, 6.07) is 17.1. The van der Waals surface area contributed by atoms with Crippen LogP contribution >= 0.6 is 0 Å². The third-order valence-electron chi connectivity index (χ3n) is 3.67. The fraction of sp³-hybridized carbons (Fsp3) is 0.200. The second kappa shape index (κ2) is 7.09. The number of pyridine rings is 1. The Morgan fingerprint density at radius 2 is 1.70 bits per heavy atom. The molecule has 2 aromatic carbocycles. The summed E-state index contributed by atoms with van der Waals surface area (Å²) < 4.78 is 27.5. The average Bonchev–Trinajstić information content (AvgIpc) is 2.59. The number of carbonyl (C=O) groups is 1. The smallest absolute Gasteiger partial charge is 0.274 e. The molecule has 6 nitrogen and oxygen atoms in total. The zero-order valence-corrected chi connectivity index (χ0v) is 16.2. The van der Waals surface area contributed by atoms with E-state index >= 15 is 0 Å². The van der Waals surface area contributed by atoms with E-state index < -0.39 is 21.5 Å². The summed E-state index contributed by atoms with van der Waals surface area (Å²) in [5.74, 6) is -0.404. The first-order valence-corrected chi connectivity index (χ1v) is 9.94. The van der Waals surface area contributed by atoms with Crippen molar-refractivity contribution < 1.29 is 13.2 Å². The van der Waals surface area contributed by atoms with Gasteiger partial charge in [0.2, 0.25) is 10.0 Å². The number of fused-ring (bicyclic) bond motifs is 1. The molecule has 0 fully saturated rings. The van der Waals surface area contributed by atoms with Crippen molar-refractivity contribution in [1.29, 1.82) is 0 Å². The van der Waals surface area contributed by atoms with Gasteiger partial charge in [-0.15, -0.1) is 0 Å². The molecule has 0 bridgehead atoms. The van der Waals surface area contributed by atoms with Gasteiger partial charge >= 0.3 is 0 Å². The number of carbonyl (C=O) groups excluding carboxylic acids is 1. The number of para-hydroxylation sites is 1. The lowest BCUT2D eigenvalue weighted by Gasteiger charge is -2.20. The first-order valence-electron chi connectivity index (χ1n) is 8.45. The number of hydrogen-bond acceptors (Lipinski definition) is 4. The van der Waals surface area contributed by atoms with Crippen LogP contribution in [-0.4, -0.2) is 24.8 Å². The summed E-state index contributed by atoms with van der Waals surface area (Å²) >= 11 is 0. The molecule has 0 radical (unpaired) electrons. The van der Waals surface area contributed by atoms with Crippen LogP contribution in [0.4, 0.5) is 5.69 Å². The number of rotatable bonds is 4. The van der Waals surface area contributed by atoms with Gasteiger partial charge in [-0.05, 0) is 51.1 Å². The molecule has 0 atom stereocenters. The average molecular weight is 383 g/mol. The van der Waals surface area contributed by atoms with Gasteiger partial charge in [-0.2, -0.15) is 0 Å². The van der Waals surface area contributed by atoms with Crippen LogP contribution < -0.4 is 10.0 Å². The summed E-state index contributed by atoms with van der Waals surface area (Å²) in [4.78, 5) is 16.9. The van der Waals surface area contributed by atoms with Crippen molar-refractivity contribution in [2.75, 3.05) is 5.32 Å². The molecule has 3 aromatic rings. The van der Waals surface area contributed by atoms with Gasteiger partial charge in [0.05, 0.1) is 10.4 Å². The minimum atomic E-state index is -3.69. The molecule has 140 valence electrons. The number of nitrogens with zero attached hydrogens (tertiary/aromatic N) is 1. The van der Waals surface area contributed by atoms with E-state index in [4.69, 9.17) is 0 Å². The zero-order chi connectivity index (χ0) is 19.7. The Bertz CT molecular complexity index is 1100. The monoisotopic (exact) mass is 383 g/mol. The van der Waals surface area contributed by atoms with Crippen LogP contribution in [0.5, 0.6) is 0 Å². The maximum Gasteiger partial charge on any atom is 0.274 e. The Labute approximate surface area is 158 Å². The lowest BCUT2D eigenvalue weighted by molar-refractivity contribution is 0.102. The van der Waals surface area contributed by atoms with Gasteiger partial charge in [0, 0.05) is 16.6 Å². The largest absolute Gasteiger partial charge is 0.321 e. The molecule has 1 amide bonds. The summed E-state index contributed by atoms with van der Waals surface area (Å²) in [6.07, 6.45) is 0. The number of aromatic nitrogens is 1. The Balaban J connectivity index is 1.84. The highest BCUT2D eigenvalue weighted by Crippen LogP contribution is 2.19. The second-order valence-corrected chi connectivity index (χ2v) is 8.91. The van der Waals surface area contributed by atoms with Crippen molar-refractivity contribution in [2.45, 2.75) is 31.2 Å². The van der Waals surface area contributed by atoms with E-state index in [9.17, 15) is 13.2 Å². The second-order valence-electron chi connectivity index (χ2n) is 7.23. The van der Waals surface area contributed by atoms with E-state index in [1.165, 1.54) is 12.1 Å². The van der Waals surface area contributed by atoms with Crippen LogP contribution in [0.2, 0.25) is 0 Å². The molecule has 0 unspecified atom stereocenters. The molecular weight excluding hydrogens is 362 g/mol. The molecule has 2 N–H and O–H groups in total. The standard InChI is InChI=1S/C20H21N3O3S/c1-20(2,3)23-27(25,26)16-9-6-8-15(13-16)21-19(24)18-12-11-14-7-4-5-10-17(14)22-18/h4-13,23H,1-3H3,(H,21,24). The predicted molar refractivity (Wildman–Crippen MR) is 106 cm³/mol.